The summed E-state index contributed by atoms with van der Waals surface area (Å²) in [5.74, 6) is 1.38. The molecule has 2 heterocycles. The van der Waals surface area contributed by atoms with E-state index < -0.39 is 0 Å². The van der Waals surface area contributed by atoms with Gasteiger partial charge in [-0.1, -0.05) is 29.8 Å². The molecule has 1 fully saturated rings. The van der Waals surface area contributed by atoms with Crippen LogP contribution in [-0.2, 0) is 4.79 Å². The second kappa shape index (κ2) is 8.73. The highest BCUT2D eigenvalue weighted by Crippen LogP contribution is 2.23. The molecule has 1 aliphatic rings. The summed E-state index contributed by atoms with van der Waals surface area (Å²) in [6.45, 7) is 4.05. The van der Waals surface area contributed by atoms with E-state index in [1.54, 1.807) is 0 Å². The van der Waals surface area contributed by atoms with E-state index in [9.17, 15) is 4.79 Å². The van der Waals surface area contributed by atoms with Gasteiger partial charge in [-0.15, -0.1) is 10.2 Å². The van der Waals surface area contributed by atoms with E-state index in [2.05, 4.69) is 20.4 Å². The van der Waals surface area contributed by atoms with Crippen LogP contribution in [0.4, 0.5) is 11.5 Å². The summed E-state index contributed by atoms with van der Waals surface area (Å²) in [7, 11) is 0. The first-order chi connectivity index (χ1) is 14.2. The van der Waals surface area contributed by atoms with Crippen molar-refractivity contribution in [3.63, 3.8) is 0 Å². The fourth-order valence-corrected chi connectivity index (χ4v) is 3.33. The Morgan fingerprint density at radius 1 is 1.03 bits per heavy atom. The van der Waals surface area contributed by atoms with Crippen LogP contribution in [0.15, 0.2) is 60.7 Å². The van der Waals surface area contributed by atoms with E-state index >= 15 is 0 Å². The lowest BCUT2D eigenvalue weighted by atomic mass is 10.1. The predicted octanol–water partition coefficient (Wildman–Crippen LogP) is 4.07. The quantitative estimate of drug-likeness (QED) is 0.689. The van der Waals surface area contributed by atoms with Crippen LogP contribution in [0.25, 0.3) is 11.3 Å². The number of nitrogens with one attached hydrogen (secondary N) is 1. The maximum absolute atomic E-state index is 12.2. The fraction of sp³-hybridized carbons (Fsp3) is 0.261. The van der Waals surface area contributed by atoms with Crippen LogP contribution in [0, 0.1) is 6.92 Å². The van der Waals surface area contributed by atoms with E-state index in [0.717, 1.165) is 35.7 Å². The lowest BCUT2D eigenvalue weighted by Gasteiger charge is -2.15. The number of rotatable bonds is 6. The number of carbonyl (C=O) groups is 1. The molecule has 4 rings (SSSR count). The van der Waals surface area contributed by atoms with Gasteiger partial charge in [-0.3, -0.25) is 4.79 Å². The third-order valence-corrected chi connectivity index (χ3v) is 4.91. The van der Waals surface area contributed by atoms with Crippen LogP contribution < -0.4 is 15.0 Å². The third-order valence-electron chi connectivity index (χ3n) is 4.91. The van der Waals surface area contributed by atoms with Crippen LogP contribution in [0.2, 0.25) is 0 Å². The van der Waals surface area contributed by atoms with Crippen LogP contribution in [0.3, 0.4) is 0 Å². The van der Waals surface area contributed by atoms with Gasteiger partial charge in [-0.25, -0.2) is 0 Å². The Kier molecular flexibility index (Phi) is 5.70. The van der Waals surface area contributed by atoms with Crippen molar-refractivity contribution in [2.45, 2.75) is 19.8 Å². The van der Waals surface area contributed by atoms with Gasteiger partial charge in [0.15, 0.2) is 12.4 Å². The molecule has 1 aromatic heterocycles. The number of carbonyl (C=O) groups excluding carboxylic acids is 1. The Hall–Kier alpha value is -3.41. The Bertz CT molecular complexity index is 965. The maximum Gasteiger partial charge on any atom is 0.262 e. The SMILES string of the molecule is Cc1ccc(OCC(=O)Nc2cccc(-c3ccc(N4CCCC4)nn3)c2)cc1. The third kappa shape index (κ3) is 4.90. The molecule has 0 saturated carbocycles. The zero-order chi connectivity index (χ0) is 20.1. The minimum atomic E-state index is -0.210. The van der Waals surface area contributed by atoms with Gasteiger partial charge in [0.1, 0.15) is 5.75 Å². The van der Waals surface area contributed by atoms with Crippen molar-refractivity contribution in [1.29, 1.82) is 0 Å². The van der Waals surface area contributed by atoms with Gasteiger partial charge in [-0.2, -0.15) is 0 Å². The van der Waals surface area contributed by atoms with E-state index in [1.165, 1.54) is 12.8 Å². The second-order valence-corrected chi connectivity index (χ2v) is 7.20. The van der Waals surface area contributed by atoms with Crippen molar-refractivity contribution < 1.29 is 9.53 Å². The number of benzene rings is 2. The molecule has 1 amide bonds. The number of aryl methyl sites for hydroxylation is 1. The van der Waals surface area contributed by atoms with Crippen molar-refractivity contribution in [2.75, 3.05) is 29.9 Å². The first-order valence-corrected chi connectivity index (χ1v) is 9.86. The zero-order valence-corrected chi connectivity index (χ0v) is 16.5. The molecule has 0 spiro atoms. The Labute approximate surface area is 170 Å². The van der Waals surface area contributed by atoms with E-state index in [-0.39, 0.29) is 12.5 Å². The molecule has 0 unspecified atom stereocenters. The maximum atomic E-state index is 12.2. The number of anilines is 2. The zero-order valence-electron chi connectivity index (χ0n) is 16.5. The van der Waals surface area contributed by atoms with Crippen molar-refractivity contribution >= 4 is 17.4 Å². The summed E-state index contributed by atoms with van der Waals surface area (Å²) < 4.78 is 5.53. The Balaban J connectivity index is 1.37. The highest BCUT2D eigenvalue weighted by Gasteiger charge is 2.14. The van der Waals surface area contributed by atoms with Crippen molar-refractivity contribution in [3.8, 4) is 17.0 Å². The highest BCUT2D eigenvalue weighted by molar-refractivity contribution is 5.92. The number of hydrogen-bond acceptors (Lipinski definition) is 5. The van der Waals surface area contributed by atoms with E-state index in [0.29, 0.717) is 11.4 Å². The molecule has 6 heteroatoms. The second-order valence-electron chi connectivity index (χ2n) is 7.20. The molecule has 1 saturated heterocycles. The number of amides is 1. The summed E-state index contributed by atoms with van der Waals surface area (Å²) in [5.41, 5.74) is 3.53. The highest BCUT2D eigenvalue weighted by atomic mass is 16.5. The van der Waals surface area contributed by atoms with Crippen LogP contribution in [0.5, 0.6) is 5.75 Å². The van der Waals surface area contributed by atoms with Crippen molar-refractivity contribution in [3.05, 3.63) is 66.2 Å². The minimum Gasteiger partial charge on any atom is -0.484 e. The fourth-order valence-electron chi connectivity index (χ4n) is 3.33. The lowest BCUT2D eigenvalue weighted by Crippen LogP contribution is -2.20. The van der Waals surface area contributed by atoms with Gasteiger partial charge >= 0.3 is 0 Å². The molecular weight excluding hydrogens is 364 g/mol. The summed E-state index contributed by atoms with van der Waals surface area (Å²) in [6.07, 6.45) is 2.41. The normalized spacial score (nSPS) is 13.3. The van der Waals surface area contributed by atoms with Crippen LogP contribution >= 0.6 is 0 Å². The number of hydrogen-bond donors (Lipinski definition) is 1. The Morgan fingerprint density at radius 3 is 2.55 bits per heavy atom. The summed E-state index contributed by atoms with van der Waals surface area (Å²) in [5, 5.41) is 11.6. The molecule has 1 N–H and O–H groups in total. The van der Waals surface area contributed by atoms with Gasteiger partial charge in [0.25, 0.3) is 5.91 Å². The topological polar surface area (TPSA) is 67.3 Å². The molecule has 6 nitrogen and oxygen atoms in total. The molecule has 1 aliphatic heterocycles. The van der Waals surface area contributed by atoms with E-state index in [1.807, 2.05) is 67.6 Å². The van der Waals surface area contributed by atoms with Crippen LogP contribution in [0.1, 0.15) is 18.4 Å². The monoisotopic (exact) mass is 388 g/mol. The van der Waals surface area contributed by atoms with Gasteiger partial charge in [0.05, 0.1) is 5.69 Å². The van der Waals surface area contributed by atoms with Gasteiger partial charge in [-0.05, 0) is 56.2 Å². The number of nitrogens with zero attached hydrogens (tertiary/aromatic N) is 3. The molecule has 148 valence electrons. The molecule has 29 heavy (non-hydrogen) atoms. The van der Waals surface area contributed by atoms with E-state index in [4.69, 9.17) is 4.74 Å². The number of ether oxygens (including phenoxy) is 1. The number of aromatic nitrogens is 2. The summed E-state index contributed by atoms with van der Waals surface area (Å²) in [4.78, 5) is 14.5. The predicted molar refractivity (Wildman–Crippen MR) is 114 cm³/mol. The lowest BCUT2D eigenvalue weighted by molar-refractivity contribution is -0.118. The first kappa shape index (κ1) is 18.9. The summed E-state index contributed by atoms with van der Waals surface area (Å²) in [6, 6.07) is 19.2. The van der Waals surface area contributed by atoms with Crippen molar-refractivity contribution in [2.24, 2.45) is 0 Å². The van der Waals surface area contributed by atoms with Crippen LogP contribution in [-0.4, -0.2) is 35.8 Å². The molecule has 0 atom stereocenters. The molecule has 0 aliphatic carbocycles. The van der Waals surface area contributed by atoms with Gasteiger partial charge < -0.3 is 15.0 Å². The van der Waals surface area contributed by atoms with Gasteiger partial charge in [0.2, 0.25) is 0 Å². The largest absolute Gasteiger partial charge is 0.484 e. The first-order valence-electron chi connectivity index (χ1n) is 9.86. The standard InChI is InChI=1S/C23H24N4O2/c1-17-7-9-20(10-8-17)29-16-23(28)24-19-6-4-5-18(15-19)21-11-12-22(26-25-21)27-13-2-3-14-27/h4-12,15H,2-3,13-14,16H2,1H3,(H,24,28). The minimum absolute atomic E-state index is 0.0440. The molecule has 0 bridgehead atoms. The average molecular weight is 388 g/mol. The smallest absolute Gasteiger partial charge is 0.262 e. The molecule has 0 radical (unpaired) electrons. The van der Waals surface area contributed by atoms with Crippen molar-refractivity contribution in [1.82, 2.24) is 10.2 Å². The molecule has 3 aromatic rings. The average Bonchev–Trinajstić information content (AvgIpc) is 3.29. The summed E-state index contributed by atoms with van der Waals surface area (Å²) >= 11 is 0. The molecule has 2 aromatic carbocycles. The molecular formula is C23H24N4O2. The Morgan fingerprint density at radius 2 is 1.83 bits per heavy atom. The van der Waals surface area contributed by atoms with Gasteiger partial charge in [0, 0.05) is 24.3 Å².